The summed E-state index contributed by atoms with van der Waals surface area (Å²) in [6, 6.07) is 0. The third-order valence-corrected chi connectivity index (χ3v) is 3.60. The van der Waals surface area contributed by atoms with E-state index in [4.69, 9.17) is 4.74 Å². The van der Waals surface area contributed by atoms with Crippen molar-refractivity contribution < 1.29 is 9.84 Å². The Bertz CT molecular complexity index is 167. The average Bonchev–Trinajstić information content (AvgIpc) is 2.27. The van der Waals surface area contributed by atoms with Crippen molar-refractivity contribution in [2.75, 3.05) is 26.8 Å². The summed E-state index contributed by atoms with van der Waals surface area (Å²) in [5.74, 6) is 1.84. The van der Waals surface area contributed by atoms with Crippen LogP contribution >= 0.6 is 0 Å². The first kappa shape index (κ1) is 13.9. The summed E-state index contributed by atoms with van der Waals surface area (Å²) >= 11 is 0. The zero-order chi connectivity index (χ0) is 11.8. The quantitative estimate of drug-likeness (QED) is 0.654. The molecular formula is C13H27NO2. The highest BCUT2D eigenvalue weighted by atomic mass is 16.5. The molecule has 0 amide bonds. The van der Waals surface area contributed by atoms with Crippen molar-refractivity contribution in [3.05, 3.63) is 0 Å². The molecule has 0 aromatic carbocycles. The van der Waals surface area contributed by atoms with Crippen LogP contribution in [0.4, 0.5) is 0 Å². The molecule has 1 unspecified atom stereocenters. The number of hydrogen-bond donors (Lipinski definition) is 2. The normalized spacial score (nSPS) is 27.9. The van der Waals surface area contributed by atoms with E-state index >= 15 is 0 Å². The molecule has 0 aliphatic heterocycles. The van der Waals surface area contributed by atoms with Gasteiger partial charge in [0.05, 0.1) is 12.7 Å². The molecule has 16 heavy (non-hydrogen) atoms. The summed E-state index contributed by atoms with van der Waals surface area (Å²) in [4.78, 5) is 0. The van der Waals surface area contributed by atoms with Gasteiger partial charge in [-0.25, -0.2) is 0 Å². The van der Waals surface area contributed by atoms with Gasteiger partial charge in [0.2, 0.25) is 0 Å². The maximum Gasteiger partial charge on any atom is 0.0897 e. The van der Waals surface area contributed by atoms with Crippen LogP contribution in [0.3, 0.4) is 0 Å². The van der Waals surface area contributed by atoms with Crippen molar-refractivity contribution in [3.63, 3.8) is 0 Å². The van der Waals surface area contributed by atoms with Crippen LogP contribution in [0.2, 0.25) is 0 Å². The molecule has 1 rings (SSSR count). The van der Waals surface area contributed by atoms with Gasteiger partial charge in [0, 0.05) is 13.7 Å². The highest BCUT2D eigenvalue weighted by Gasteiger charge is 2.17. The SMILES string of the molecule is COCC(O)CNCCC1CCC(C)CC1. The summed E-state index contributed by atoms with van der Waals surface area (Å²) < 4.78 is 4.87. The number of methoxy groups -OCH3 is 1. The molecule has 0 radical (unpaired) electrons. The van der Waals surface area contributed by atoms with Crippen LogP contribution in [-0.4, -0.2) is 38.0 Å². The molecule has 3 nitrogen and oxygen atoms in total. The Balaban J connectivity index is 1.95. The van der Waals surface area contributed by atoms with Crippen LogP contribution in [0.5, 0.6) is 0 Å². The molecule has 96 valence electrons. The highest BCUT2D eigenvalue weighted by molar-refractivity contribution is 4.71. The van der Waals surface area contributed by atoms with E-state index in [2.05, 4.69) is 12.2 Å². The number of hydrogen-bond acceptors (Lipinski definition) is 3. The van der Waals surface area contributed by atoms with E-state index in [1.807, 2.05) is 0 Å². The fraction of sp³-hybridized carbons (Fsp3) is 1.00. The molecule has 0 aromatic rings. The second-order valence-corrected chi connectivity index (χ2v) is 5.23. The zero-order valence-electron chi connectivity index (χ0n) is 10.7. The monoisotopic (exact) mass is 229 g/mol. The van der Waals surface area contributed by atoms with Crippen molar-refractivity contribution in [1.82, 2.24) is 5.32 Å². The second-order valence-electron chi connectivity index (χ2n) is 5.23. The maximum atomic E-state index is 9.43. The van der Waals surface area contributed by atoms with Crippen molar-refractivity contribution >= 4 is 0 Å². The van der Waals surface area contributed by atoms with E-state index < -0.39 is 0 Å². The molecule has 1 aliphatic carbocycles. The number of aliphatic hydroxyl groups is 1. The topological polar surface area (TPSA) is 41.5 Å². The van der Waals surface area contributed by atoms with Crippen LogP contribution in [-0.2, 0) is 4.74 Å². The predicted molar refractivity (Wildman–Crippen MR) is 66.5 cm³/mol. The van der Waals surface area contributed by atoms with Gasteiger partial charge in [-0.15, -0.1) is 0 Å². The Hall–Kier alpha value is -0.120. The van der Waals surface area contributed by atoms with Crippen LogP contribution in [0.1, 0.15) is 39.0 Å². The number of rotatable bonds is 7. The smallest absolute Gasteiger partial charge is 0.0897 e. The van der Waals surface area contributed by atoms with E-state index in [0.29, 0.717) is 13.2 Å². The van der Waals surface area contributed by atoms with Gasteiger partial charge in [0.25, 0.3) is 0 Å². The molecule has 1 aliphatic rings. The zero-order valence-corrected chi connectivity index (χ0v) is 10.7. The minimum Gasteiger partial charge on any atom is -0.389 e. The standard InChI is InChI=1S/C13H27NO2/c1-11-3-5-12(6-4-11)7-8-14-9-13(15)10-16-2/h11-15H,3-10H2,1-2H3. The highest BCUT2D eigenvalue weighted by Crippen LogP contribution is 2.29. The van der Waals surface area contributed by atoms with Gasteiger partial charge in [-0.1, -0.05) is 32.6 Å². The summed E-state index contributed by atoms with van der Waals surface area (Å²) in [6.07, 6.45) is 6.48. The molecule has 2 N–H and O–H groups in total. The molecule has 0 bridgehead atoms. The maximum absolute atomic E-state index is 9.43. The van der Waals surface area contributed by atoms with Crippen molar-refractivity contribution in [3.8, 4) is 0 Å². The summed E-state index contributed by atoms with van der Waals surface area (Å²) in [6.45, 7) is 4.46. The lowest BCUT2D eigenvalue weighted by molar-refractivity contribution is 0.0643. The van der Waals surface area contributed by atoms with Gasteiger partial charge in [0.15, 0.2) is 0 Å². The van der Waals surface area contributed by atoms with Crippen molar-refractivity contribution in [2.24, 2.45) is 11.8 Å². The Morgan fingerprint density at radius 3 is 2.62 bits per heavy atom. The van der Waals surface area contributed by atoms with Gasteiger partial charge < -0.3 is 15.2 Å². The van der Waals surface area contributed by atoms with Gasteiger partial charge in [0.1, 0.15) is 0 Å². The van der Waals surface area contributed by atoms with Gasteiger partial charge in [-0.05, 0) is 24.8 Å². The molecule has 0 aromatic heterocycles. The number of nitrogens with one attached hydrogen (secondary N) is 1. The molecule has 1 saturated carbocycles. The van der Waals surface area contributed by atoms with Gasteiger partial charge in [-0.3, -0.25) is 0 Å². The fourth-order valence-electron chi connectivity index (χ4n) is 2.44. The van der Waals surface area contributed by atoms with Crippen LogP contribution in [0, 0.1) is 11.8 Å². The number of ether oxygens (including phenoxy) is 1. The van der Waals surface area contributed by atoms with Crippen LogP contribution in [0.15, 0.2) is 0 Å². The van der Waals surface area contributed by atoms with E-state index in [0.717, 1.165) is 18.4 Å². The molecular weight excluding hydrogens is 202 g/mol. The van der Waals surface area contributed by atoms with E-state index in [1.165, 1.54) is 32.1 Å². The molecule has 0 spiro atoms. The number of aliphatic hydroxyl groups excluding tert-OH is 1. The van der Waals surface area contributed by atoms with Crippen LogP contribution < -0.4 is 5.32 Å². The largest absolute Gasteiger partial charge is 0.389 e. The fourth-order valence-corrected chi connectivity index (χ4v) is 2.44. The van der Waals surface area contributed by atoms with E-state index in [-0.39, 0.29) is 6.10 Å². The molecule has 0 heterocycles. The Kier molecular flexibility index (Phi) is 7.01. The Morgan fingerprint density at radius 1 is 1.31 bits per heavy atom. The van der Waals surface area contributed by atoms with Gasteiger partial charge in [-0.2, -0.15) is 0 Å². The van der Waals surface area contributed by atoms with Gasteiger partial charge >= 0.3 is 0 Å². The second kappa shape index (κ2) is 8.04. The molecule has 1 fully saturated rings. The van der Waals surface area contributed by atoms with E-state index in [1.54, 1.807) is 7.11 Å². The lowest BCUT2D eigenvalue weighted by Gasteiger charge is -2.26. The summed E-state index contributed by atoms with van der Waals surface area (Å²) in [5.41, 5.74) is 0. The minimum atomic E-state index is -0.364. The molecule has 0 saturated heterocycles. The predicted octanol–water partition coefficient (Wildman–Crippen LogP) is 1.80. The minimum absolute atomic E-state index is 0.364. The third-order valence-electron chi connectivity index (χ3n) is 3.60. The summed E-state index contributed by atoms with van der Waals surface area (Å²) in [5, 5.41) is 12.7. The average molecular weight is 229 g/mol. The van der Waals surface area contributed by atoms with Crippen molar-refractivity contribution in [1.29, 1.82) is 0 Å². The Morgan fingerprint density at radius 2 is 2.00 bits per heavy atom. The lowest BCUT2D eigenvalue weighted by Crippen LogP contribution is -2.31. The Labute approximate surface area is 99.6 Å². The molecule has 3 heteroatoms. The first-order valence-corrected chi connectivity index (χ1v) is 6.60. The summed E-state index contributed by atoms with van der Waals surface area (Å²) in [7, 11) is 1.62. The first-order chi connectivity index (χ1) is 7.72. The lowest BCUT2D eigenvalue weighted by atomic mass is 9.81. The third kappa shape index (κ3) is 5.83. The van der Waals surface area contributed by atoms with E-state index in [9.17, 15) is 5.11 Å². The first-order valence-electron chi connectivity index (χ1n) is 6.60. The van der Waals surface area contributed by atoms with Crippen molar-refractivity contribution in [2.45, 2.75) is 45.1 Å². The molecule has 1 atom stereocenters. The van der Waals surface area contributed by atoms with Crippen LogP contribution in [0.25, 0.3) is 0 Å².